The van der Waals surface area contributed by atoms with E-state index in [1.165, 1.54) is 36.2 Å². The van der Waals surface area contributed by atoms with Crippen LogP contribution in [0.2, 0.25) is 0 Å². The highest BCUT2D eigenvalue weighted by molar-refractivity contribution is 6.06. The average Bonchev–Trinajstić information content (AvgIpc) is 2.47. The monoisotopic (exact) mass is 236 g/mol. The van der Waals surface area contributed by atoms with Crippen molar-refractivity contribution >= 4 is 11.9 Å². The van der Waals surface area contributed by atoms with Crippen molar-refractivity contribution in [2.24, 2.45) is 0 Å². The van der Waals surface area contributed by atoms with Gasteiger partial charge in [-0.15, -0.1) is 0 Å². The van der Waals surface area contributed by atoms with Crippen LogP contribution in [0.3, 0.4) is 0 Å². The number of likely N-dealkylation sites (N-methyl/N-ethyl adjacent to an activating group) is 2. The van der Waals surface area contributed by atoms with Crippen LogP contribution in [0.4, 0.5) is 9.18 Å². The van der Waals surface area contributed by atoms with Crippen molar-refractivity contribution < 1.29 is 14.0 Å². The second kappa shape index (κ2) is 3.55. The lowest BCUT2D eigenvalue weighted by Crippen LogP contribution is -2.41. The first-order chi connectivity index (χ1) is 7.89. The van der Waals surface area contributed by atoms with Crippen LogP contribution >= 0.6 is 0 Å². The fraction of sp³-hybridized carbons (Fsp3) is 0.333. The largest absolute Gasteiger partial charge is 0.327 e. The molecule has 0 spiro atoms. The fourth-order valence-corrected chi connectivity index (χ4v) is 2.06. The van der Waals surface area contributed by atoms with Gasteiger partial charge in [0.05, 0.1) is 0 Å². The number of carbonyl (C=O) groups excluding carboxylic acids is 2. The molecule has 1 aromatic rings. The van der Waals surface area contributed by atoms with Gasteiger partial charge in [0.2, 0.25) is 0 Å². The lowest BCUT2D eigenvalue weighted by molar-refractivity contribution is -0.131. The maximum atomic E-state index is 12.9. The number of carbonyl (C=O) groups is 2. The van der Waals surface area contributed by atoms with E-state index < -0.39 is 5.54 Å². The number of hydrogen-bond donors (Lipinski definition) is 0. The first-order valence-corrected chi connectivity index (χ1v) is 5.21. The first-order valence-electron chi connectivity index (χ1n) is 5.21. The minimum absolute atomic E-state index is 0.309. The highest BCUT2D eigenvalue weighted by Gasteiger charge is 2.52. The predicted octanol–water partition coefficient (Wildman–Crippen LogP) is 1.56. The third kappa shape index (κ3) is 1.42. The molecule has 2 rings (SSSR count). The summed E-state index contributed by atoms with van der Waals surface area (Å²) in [5.74, 6) is -0.679. The molecule has 0 bridgehead atoms. The Hall–Kier alpha value is -1.91. The van der Waals surface area contributed by atoms with Crippen molar-refractivity contribution in [2.45, 2.75) is 12.5 Å². The number of hydrogen-bond acceptors (Lipinski definition) is 2. The van der Waals surface area contributed by atoms with Crippen LogP contribution in [-0.4, -0.2) is 35.8 Å². The van der Waals surface area contributed by atoms with Gasteiger partial charge in [0.1, 0.15) is 11.4 Å². The molecular formula is C12H13FN2O2. The lowest BCUT2D eigenvalue weighted by Gasteiger charge is -2.28. The number of rotatable bonds is 1. The Kier molecular flexibility index (Phi) is 2.41. The molecule has 5 heteroatoms. The summed E-state index contributed by atoms with van der Waals surface area (Å²) in [5.41, 5.74) is -0.455. The van der Waals surface area contributed by atoms with Crippen LogP contribution in [0.1, 0.15) is 12.5 Å². The van der Waals surface area contributed by atoms with Gasteiger partial charge >= 0.3 is 6.03 Å². The molecule has 0 N–H and O–H groups in total. The average molecular weight is 236 g/mol. The Labute approximate surface area is 98.6 Å². The van der Waals surface area contributed by atoms with Gasteiger partial charge in [-0.25, -0.2) is 9.18 Å². The Balaban J connectivity index is 2.52. The number of benzene rings is 1. The quantitative estimate of drug-likeness (QED) is 0.694. The summed E-state index contributed by atoms with van der Waals surface area (Å²) in [6.45, 7) is 1.66. The van der Waals surface area contributed by atoms with Crippen molar-refractivity contribution in [3.8, 4) is 0 Å². The Morgan fingerprint density at radius 3 is 2.06 bits per heavy atom. The van der Waals surface area contributed by atoms with Gasteiger partial charge in [0.15, 0.2) is 0 Å². The van der Waals surface area contributed by atoms with Crippen LogP contribution in [0.15, 0.2) is 24.3 Å². The van der Waals surface area contributed by atoms with E-state index in [0.29, 0.717) is 5.56 Å². The maximum absolute atomic E-state index is 12.9. The van der Waals surface area contributed by atoms with Crippen LogP contribution < -0.4 is 0 Å². The molecule has 1 fully saturated rings. The summed E-state index contributed by atoms with van der Waals surface area (Å²) in [7, 11) is 3.00. The second-order valence-electron chi connectivity index (χ2n) is 4.28. The Morgan fingerprint density at radius 2 is 1.65 bits per heavy atom. The summed E-state index contributed by atoms with van der Waals surface area (Å²) in [6, 6.07) is 5.25. The molecule has 0 radical (unpaired) electrons. The minimum Gasteiger partial charge on any atom is -0.309 e. The molecular weight excluding hydrogens is 223 g/mol. The van der Waals surface area contributed by atoms with Crippen LogP contribution in [0, 0.1) is 5.82 Å². The molecule has 1 aliphatic heterocycles. The topological polar surface area (TPSA) is 40.6 Å². The fourth-order valence-electron chi connectivity index (χ4n) is 2.06. The highest BCUT2D eigenvalue weighted by Crippen LogP contribution is 2.35. The summed E-state index contributed by atoms with van der Waals surface area (Å²) in [6.07, 6.45) is 0. The van der Waals surface area contributed by atoms with E-state index in [0.717, 1.165) is 4.90 Å². The molecule has 0 aromatic heterocycles. The van der Waals surface area contributed by atoms with Gasteiger partial charge in [0.25, 0.3) is 5.91 Å². The molecule has 4 nitrogen and oxygen atoms in total. The van der Waals surface area contributed by atoms with Crippen LogP contribution in [-0.2, 0) is 10.3 Å². The summed E-state index contributed by atoms with van der Waals surface area (Å²) in [4.78, 5) is 26.3. The van der Waals surface area contributed by atoms with Gasteiger partial charge in [-0.3, -0.25) is 9.69 Å². The van der Waals surface area contributed by atoms with Crippen molar-refractivity contribution in [1.82, 2.24) is 9.80 Å². The van der Waals surface area contributed by atoms with Crippen LogP contribution in [0.5, 0.6) is 0 Å². The van der Waals surface area contributed by atoms with Crippen molar-refractivity contribution in [2.75, 3.05) is 14.1 Å². The molecule has 1 atom stereocenters. The summed E-state index contributed by atoms with van der Waals surface area (Å²) < 4.78 is 12.9. The molecule has 1 heterocycles. The molecule has 1 unspecified atom stereocenters. The Bertz CT molecular complexity index is 486. The molecule has 3 amide bonds. The predicted molar refractivity (Wildman–Crippen MR) is 59.7 cm³/mol. The highest BCUT2D eigenvalue weighted by atomic mass is 19.1. The standard InChI is InChI=1S/C12H13FN2O2/c1-12(8-4-6-9(13)7-5-8)10(16)14(2)11(17)15(12)3/h4-7H,1-3H3. The first kappa shape index (κ1) is 11.6. The van der Waals surface area contributed by atoms with Crippen molar-refractivity contribution in [1.29, 1.82) is 0 Å². The second-order valence-corrected chi connectivity index (χ2v) is 4.28. The van der Waals surface area contributed by atoms with Gasteiger partial charge < -0.3 is 4.90 Å². The number of imide groups is 1. The Morgan fingerprint density at radius 1 is 1.12 bits per heavy atom. The van der Waals surface area contributed by atoms with Gasteiger partial charge in [-0.2, -0.15) is 0 Å². The molecule has 0 aliphatic carbocycles. The molecule has 1 aliphatic rings. The van der Waals surface area contributed by atoms with E-state index >= 15 is 0 Å². The third-order valence-electron chi connectivity index (χ3n) is 3.37. The lowest BCUT2D eigenvalue weighted by atomic mass is 9.91. The molecule has 1 aromatic carbocycles. The van der Waals surface area contributed by atoms with E-state index in [-0.39, 0.29) is 17.8 Å². The maximum Gasteiger partial charge on any atom is 0.327 e. The molecule has 0 saturated carbocycles. The van der Waals surface area contributed by atoms with E-state index in [1.807, 2.05) is 0 Å². The van der Waals surface area contributed by atoms with Gasteiger partial charge in [-0.1, -0.05) is 12.1 Å². The van der Waals surface area contributed by atoms with Crippen molar-refractivity contribution in [3.63, 3.8) is 0 Å². The summed E-state index contributed by atoms with van der Waals surface area (Å²) >= 11 is 0. The van der Waals surface area contributed by atoms with E-state index in [2.05, 4.69) is 0 Å². The van der Waals surface area contributed by atoms with Gasteiger partial charge in [-0.05, 0) is 24.6 Å². The van der Waals surface area contributed by atoms with E-state index in [4.69, 9.17) is 0 Å². The van der Waals surface area contributed by atoms with Gasteiger partial charge in [0, 0.05) is 14.1 Å². The molecule has 1 saturated heterocycles. The molecule has 17 heavy (non-hydrogen) atoms. The normalized spacial score (nSPS) is 24.7. The number of nitrogens with zero attached hydrogens (tertiary/aromatic N) is 2. The van der Waals surface area contributed by atoms with Crippen LogP contribution in [0.25, 0.3) is 0 Å². The van der Waals surface area contributed by atoms with E-state index in [1.54, 1.807) is 14.0 Å². The third-order valence-corrected chi connectivity index (χ3v) is 3.37. The number of urea groups is 1. The summed E-state index contributed by atoms with van der Waals surface area (Å²) in [5, 5.41) is 0. The molecule has 90 valence electrons. The van der Waals surface area contributed by atoms with Crippen molar-refractivity contribution in [3.05, 3.63) is 35.6 Å². The zero-order chi connectivity index (χ0) is 12.8. The number of amides is 3. The SMILES string of the molecule is CN1C(=O)N(C)C(C)(c2ccc(F)cc2)C1=O. The minimum atomic E-state index is -1.06. The zero-order valence-corrected chi connectivity index (χ0v) is 9.90. The van der Waals surface area contributed by atoms with E-state index in [9.17, 15) is 14.0 Å². The number of halogens is 1. The smallest absolute Gasteiger partial charge is 0.309 e. The zero-order valence-electron chi connectivity index (χ0n) is 9.90.